The molecule has 0 atom stereocenters. The van der Waals surface area contributed by atoms with Crippen molar-refractivity contribution in [3.05, 3.63) is 51.5 Å². The minimum Gasteiger partial charge on any atom is -0.493 e. The summed E-state index contributed by atoms with van der Waals surface area (Å²) in [6.45, 7) is 3.19. The Morgan fingerprint density at radius 1 is 1.04 bits per heavy atom. The van der Waals surface area contributed by atoms with Crippen LogP contribution in [0.4, 0.5) is 0 Å². The maximum absolute atomic E-state index is 5.88. The topological polar surface area (TPSA) is 49.3 Å². The van der Waals surface area contributed by atoms with E-state index in [2.05, 4.69) is 21.1 Å². The number of rotatable bonds is 9. The van der Waals surface area contributed by atoms with Gasteiger partial charge in [0.15, 0.2) is 18.1 Å². The molecule has 0 saturated carbocycles. The Morgan fingerprint density at radius 2 is 1.84 bits per heavy atom. The highest BCUT2D eigenvalue weighted by Crippen LogP contribution is 2.28. The van der Waals surface area contributed by atoms with Crippen molar-refractivity contribution >= 4 is 33.7 Å². The third-order valence-corrected chi connectivity index (χ3v) is 3.94. The Kier molecular flexibility index (Phi) is 7.88. The van der Waals surface area contributed by atoms with Crippen molar-refractivity contribution in [2.45, 2.75) is 6.92 Å². The van der Waals surface area contributed by atoms with E-state index in [0.29, 0.717) is 42.1 Å². The Bertz CT molecular complexity index is 724. The molecule has 25 heavy (non-hydrogen) atoms. The maximum atomic E-state index is 5.88. The Balaban J connectivity index is 1.79. The van der Waals surface area contributed by atoms with Gasteiger partial charge in [0.05, 0.1) is 24.4 Å². The molecule has 0 saturated heterocycles. The second-order valence-electron chi connectivity index (χ2n) is 4.83. The summed E-state index contributed by atoms with van der Waals surface area (Å²) < 4.78 is 17.1. The largest absolute Gasteiger partial charge is 0.493 e. The molecule has 0 spiro atoms. The number of hydrogen-bond acceptors (Lipinski definition) is 5. The number of halogens is 2. The van der Waals surface area contributed by atoms with Crippen molar-refractivity contribution in [1.29, 1.82) is 0 Å². The van der Waals surface area contributed by atoms with Crippen molar-refractivity contribution in [3.63, 3.8) is 0 Å². The molecule has 0 amide bonds. The van der Waals surface area contributed by atoms with Gasteiger partial charge in [-0.15, -0.1) is 0 Å². The number of oxime groups is 1. The molecule has 0 N–H and O–H groups in total. The van der Waals surface area contributed by atoms with Gasteiger partial charge >= 0.3 is 0 Å². The highest BCUT2D eigenvalue weighted by molar-refractivity contribution is 9.10. The fraction of sp³-hybridized carbons (Fsp3) is 0.278. The summed E-state index contributed by atoms with van der Waals surface area (Å²) >= 11 is 9.27. The van der Waals surface area contributed by atoms with Crippen LogP contribution in [-0.2, 0) is 4.84 Å². The van der Waals surface area contributed by atoms with Gasteiger partial charge in [0, 0.05) is 10.6 Å². The van der Waals surface area contributed by atoms with Gasteiger partial charge in [0.1, 0.15) is 12.4 Å². The van der Waals surface area contributed by atoms with E-state index in [0.717, 1.165) is 10.0 Å². The molecule has 0 unspecified atom stereocenters. The smallest absolute Gasteiger partial charge is 0.161 e. The lowest BCUT2D eigenvalue weighted by molar-refractivity contribution is 0.108. The summed E-state index contributed by atoms with van der Waals surface area (Å²) in [5.74, 6) is 2.06. The summed E-state index contributed by atoms with van der Waals surface area (Å²) in [4.78, 5) is 5.21. The molecule has 2 aromatic carbocycles. The number of benzene rings is 2. The quantitative estimate of drug-likeness (QED) is 0.322. The lowest BCUT2D eigenvalue weighted by Gasteiger charge is -2.09. The van der Waals surface area contributed by atoms with Crippen molar-refractivity contribution in [2.75, 3.05) is 26.9 Å². The van der Waals surface area contributed by atoms with Crippen LogP contribution in [0.3, 0.4) is 0 Å². The van der Waals surface area contributed by atoms with Gasteiger partial charge in [0.25, 0.3) is 0 Å². The van der Waals surface area contributed by atoms with E-state index in [1.54, 1.807) is 31.5 Å². The molecular formula is C18H19BrClNO4. The second-order valence-corrected chi connectivity index (χ2v) is 6.13. The maximum Gasteiger partial charge on any atom is 0.161 e. The van der Waals surface area contributed by atoms with Crippen molar-refractivity contribution < 1.29 is 19.0 Å². The van der Waals surface area contributed by atoms with Gasteiger partial charge in [-0.05, 0) is 59.3 Å². The Labute approximate surface area is 160 Å². The third-order valence-electron chi connectivity index (χ3n) is 3.09. The molecule has 0 heterocycles. The van der Waals surface area contributed by atoms with Crippen molar-refractivity contribution in [2.24, 2.45) is 5.16 Å². The first-order valence-electron chi connectivity index (χ1n) is 7.68. The van der Waals surface area contributed by atoms with E-state index in [-0.39, 0.29) is 0 Å². The van der Waals surface area contributed by atoms with Gasteiger partial charge in [-0.25, -0.2) is 0 Å². The minimum absolute atomic E-state index is 0.319. The first-order valence-corrected chi connectivity index (χ1v) is 8.85. The number of ether oxygens (including phenoxy) is 3. The zero-order valence-corrected chi connectivity index (χ0v) is 16.3. The van der Waals surface area contributed by atoms with Crippen LogP contribution in [0.5, 0.6) is 17.2 Å². The van der Waals surface area contributed by atoms with Gasteiger partial charge in [0.2, 0.25) is 0 Å². The van der Waals surface area contributed by atoms with Crippen LogP contribution in [0.25, 0.3) is 0 Å². The zero-order chi connectivity index (χ0) is 18.1. The molecule has 7 heteroatoms. The highest BCUT2D eigenvalue weighted by atomic mass is 79.9. The van der Waals surface area contributed by atoms with Gasteiger partial charge in [-0.3, -0.25) is 0 Å². The Morgan fingerprint density at radius 3 is 2.56 bits per heavy atom. The fourth-order valence-electron chi connectivity index (χ4n) is 1.97. The Hall–Kier alpha value is -1.92. The molecule has 134 valence electrons. The second kappa shape index (κ2) is 10.2. The van der Waals surface area contributed by atoms with Gasteiger partial charge in [-0.2, -0.15) is 0 Å². The fourth-order valence-corrected chi connectivity index (χ4v) is 2.77. The van der Waals surface area contributed by atoms with Crippen LogP contribution in [-0.4, -0.2) is 33.1 Å². The molecular weight excluding hydrogens is 410 g/mol. The van der Waals surface area contributed by atoms with E-state index in [4.69, 9.17) is 30.6 Å². The predicted molar refractivity (Wildman–Crippen MR) is 102 cm³/mol. The summed E-state index contributed by atoms with van der Waals surface area (Å²) in [5, 5.41) is 4.57. The summed E-state index contributed by atoms with van der Waals surface area (Å²) in [5.41, 5.74) is 0.849. The molecule has 2 aromatic rings. The minimum atomic E-state index is 0.319. The van der Waals surface area contributed by atoms with Crippen LogP contribution < -0.4 is 14.2 Å². The number of hydrogen-bond donors (Lipinski definition) is 0. The van der Waals surface area contributed by atoms with Crippen LogP contribution in [0.2, 0.25) is 5.02 Å². The van der Waals surface area contributed by atoms with E-state index in [1.165, 1.54) is 0 Å². The lowest BCUT2D eigenvalue weighted by Crippen LogP contribution is -2.04. The van der Waals surface area contributed by atoms with Crippen LogP contribution in [0.15, 0.2) is 46.0 Å². The SMILES string of the molecule is CCOc1ccc(/C=N/OCCOc2ccc(Cl)cc2Br)cc1OC. The number of methoxy groups -OCH3 is 1. The molecule has 0 aliphatic heterocycles. The van der Waals surface area contributed by atoms with Gasteiger partial charge in [-0.1, -0.05) is 16.8 Å². The molecule has 0 fully saturated rings. The molecule has 0 radical (unpaired) electrons. The molecule has 0 aliphatic rings. The first kappa shape index (κ1) is 19.4. The zero-order valence-electron chi connectivity index (χ0n) is 14.0. The molecule has 2 rings (SSSR count). The average Bonchev–Trinajstić information content (AvgIpc) is 2.60. The standard InChI is InChI=1S/C18H19BrClNO4/c1-3-23-17-6-4-13(10-18(17)22-2)12-21-25-9-8-24-16-7-5-14(20)11-15(16)19/h4-7,10-12H,3,8-9H2,1-2H3/b21-12+. The van der Waals surface area contributed by atoms with Crippen molar-refractivity contribution in [3.8, 4) is 17.2 Å². The summed E-state index contributed by atoms with van der Waals surface area (Å²) in [7, 11) is 1.60. The van der Waals surface area contributed by atoms with E-state index >= 15 is 0 Å². The normalized spacial score (nSPS) is 10.7. The number of nitrogens with zero attached hydrogens (tertiary/aromatic N) is 1. The van der Waals surface area contributed by atoms with Crippen LogP contribution in [0.1, 0.15) is 12.5 Å². The van der Waals surface area contributed by atoms with E-state index in [9.17, 15) is 0 Å². The van der Waals surface area contributed by atoms with Gasteiger partial charge < -0.3 is 19.0 Å². The monoisotopic (exact) mass is 427 g/mol. The van der Waals surface area contributed by atoms with Crippen molar-refractivity contribution in [1.82, 2.24) is 0 Å². The molecule has 0 aliphatic carbocycles. The predicted octanol–water partition coefficient (Wildman–Crippen LogP) is 4.94. The van der Waals surface area contributed by atoms with Crippen LogP contribution >= 0.6 is 27.5 Å². The third kappa shape index (κ3) is 6.14. The first-order chi connectivity index (χ1) is 12.1. The molecule has 0 bridgehead atoms. The summed E-state index contributed by atoms with van der Waals surface area (Å²) in [6.07, 6.45) is 1.61. The average molecular weight is 429 g/mol. The summed E-state index contributed by atoms with van der Waals surface area (Å²) in [6, 6.07) is 10.9. The lowest BCUT2D eigenvalue weighted by atomic mass is 10.2. The van der Waals surface area contributed by atoms with E-state index < -0.39 is 0 Å². The highest BCUT2D eigenvalue weighted by Gasteiger charge is 2.04. The molecule has 5 nitrogen and oxygen atoms in total. The van der Waals surface area contributed by atoms with Crippen LogP contribution in [0, 0.1) is 0 Å². The molecule has 0 aromatic heterocycles. The van der Waals surface area contributed by atoms with E-state index in [1.807, 2.05) is 25.1 Å².